The molecule has 3 nitrogen and oxygen atoms in total. The number of thioether (sulfide) groups is 1. The number of benzene rings is 2. The fraction of sp³-hybridized carbons (Fsp3) is 0.158. The molecular weight excluding hydrogens is 372 g/mol. The van der Waals surface area contributed by atoms with E-state index in [2.05, 4.69) is 15.7 Å². The molecule has 0 aliphatic heterocycles. The number of amides is 1. The summed E-state index contributed by atoms with van der Waals surface area (Å²) >= 11 is 9.24. The molecule has 0 aliphatic rings. The summed E-state index contributed by atoms with van der Waals surface area (Å²) in [6, 6.07) is 15.1. The Kier molecular flexibility index (Phi) is 6.13. The Morgan fingerprint density at radius 1 is 1.16 bits per heavy atom. The van der Waals surface area contributed by atoms with Crippen LogP contribution in [0.4, 0.5) is 0 Å². The molecule has 0 fully saturated rings. The van der Waals surface area contributed by atoms with Crippen molar-refractivity contribution in [3.8, 4) is 0 Å². The lowest BCUT2D eigenvalue weighted by Crippen LogP contribution is -2.22. The average molecular weight is 389 g/mol. The van der Waals surface area contributed by atoms with Crippen molar-refractivity contribution < 1.29 is 4.79 Å². The Hall–Kier alpha value is -1.82. The maximum Gasteiger partial charge on any atom is 0.251 e. The molecule has 25 heavy (non-hydrogen) atoms. The first-order valence-corrected chi connectivity index (χ1v) is 10.0. The highest BCUT2D eigenvalue weighted by atomic mass is 35.5. The smallest absolute Gasteiger partial charge is 0.251 e. The first kappa shape index (κ1) is 18.0. The van der Waals surface area contributed by atoms with Gasteiger partial charge in [0.05, 0.1) is 10.7 Å². The van der Waals surface area contributed by atoms with Crippen LogP contribution >= 0.6 is 34.7 Å². The lowest BCUT2D eigenvalue weighted by atomic mass is 10.2. The van der Waals surface area contributed by atoms with Gasteiger partial charge in [0.25, 0.3) is 5.91 Å². The predicted molar refractivity (Wildman–Crippen MR) is 105 cm³/mol. The zero-order valence-electron chi connectivity index (χ0n) is 13.7. The summed E-state index contributed by atoms with van der Waals surface area (Å²) < 4.78 is 0. The van der Waals surface area contributed by atoms with E-state index in [1.165, 1.54) is 0 Å². The van der Waals surface area contributed by atoms with Gasteiger partial charge in [-0.05, 0) is 48.9 Å². The van der Waals surface area contributed by atoms with Crippen LogP contribution in [0.5, 0.6) is 0 Å². The fourth-order valence-electron chi connectivity index (χ4n) is 2.22. The van der Waals surface area contributed by atoms with Gasteiger partial charge >= 0.3 is 0 Å². The summed E-state index contributed by atoms with van der Waals surface area (Å²) in [5.74, 6) is 0.758. The molecule has 0 spiro atoms. The second-order valence-corrected chi connectivity index (χ2v) is 8.03. The summed E-state index contributed by atoms with van der Waals surface area (Å²) in [5.41, 5.74) is 2.77. The van der Waals surface area contributed by atoms with Gasteiger partial charge in [0.2, 0.25) is 0 Å². The molecule has 128 valence electrons. The molecule has 0 atom stereocenters. The molecule has 0 radical (unpaired) electrons. The van der Waals surface area contributed by atoms with Crippen LogP contribution in [-0.4, -0.2) is 10.9 Å². The van der Waals surface area contributed by atoms with Crippen molar-refractivity contribution in [1.29, 1.82) is 0 Å². The lowest BCUT2D eigenvalue weighted by Gasteiger charge is -2.06. The molecule has 6 heteroatoms. The van der Waals surface area contributed by atoms with Crippen LogP contribution in [-0.2, 0) is 12.3 Å². The van der Waals surface area contributed by atoms with E-state index in [1.807, 2.05) is 55.5 Å². The summed E-state index contributed by atoms with van der Waals surface area (Å²) in [6.07, 6.45) is 0. The Bertz CT molecular complexity index is 845. The first-order chi connectivity index (χ1) is 12.1. The topological polar surface area (TPSA) is 42.0 Å². The largest absolute Gasteiger partial charge is 0.348 e. The number of aromatic nitrogens is 1. The summed E-state index contributed by atoms with van der Waals surface area (Å²) in [5, 5.41) is 6.78. The van der Waals surface area contributed by atoms with Gasteiger partial charge in [0, 0.05) is 33.2 Å². The Balaban J connectivity index is 1.52. The SMILES string of the molecule is Cc1nc(CSc2ccc(C(=O)NCc3ccc(Cl)cc3)cc2)cs1. The highest BCUT2D eigenvalue weighted by molar-refractivity contribution is 7.98. The molecule has 2 aromatic carbocycles. The van der Waals surface area contributed by atoms with Crippen molar-refractivity contribution >= 4 is 40.6 Å². The first-order valence-electron chi connectivity index (χ1n) is 7.77. The van der Waals surface area contributed by atoms with Crippen molar-refractivity contribution in [2.45, 2.75) is 24.1 Å². The van der Waals surface area contributed by atoms with Crippen molar-refractivity contribution in [1.82, 2.24) is 10.3 Å². The van der Waals surface area contributed by atoms with Crippen LogP contribution in [0.3, 0.4) is 0 Å². The van der Waals surface area contributed by atoms with Gasteiger partial charge in [-0.1, -0.05) is 23.7 Å². The number of hydrogen-bond acceptors (Lipinski definition) is 4. The van der Waals surface area contributed by atoms with Gasteiger partial charge in [0.15, 0.2) is 0 Å². The van der Waals surface area contributed by atoms with Gasteiger partial charge in [-0.3, -0.25) is 4.79 Å². The minimum atomic E-state index is -0.0818. The van der Waals surface area contributed by atoms with E-state index in [-0.39, 0.29) is 5.91 Å². The standard InChI is InChI=1S/C19H17ClN2OS2/c1-13-22-17(11-24-13)12-25-18-8-4-15(5-9-18)19(23)21-10-14-2-6-16(20)7-3-14/h2-9,11H,10,12H2,1H3,(H,21,23). The van der Waals surface area contributed by atoms with Crippen molar-refractivity contribution in [3.63, 3.8) is 0 Å². The van der Waals surface area contributed by atoms with E-state index in [1.54, 1.807) is 23.1 Å². The summed E-state index contributed by atoms with van der Waals surface area (Å²) in [7, 11) is 0. The Labute approximate surface area is 160 Å². The summed E-state index contributed by atoms with van der Waals surface area (Å²) in [4.78, 5) is 17.8. The Morgan fingerprint density at radius 3 is 2.52 bits per heavy atom. The monoisotopic (exact) mass is 388 g/mol. The molecule has 1 N–H and O–H groups in total. The third kappa shape index (κ3) is 5.33. The predicted octanol–water partition coefficient (Wildman–Crippen LogP) is 5.33. The molecular formula is C19H17ClN2OS2. The summed E-state index contributed by atoms with van der Waals surface area (Å²) in [6.45, 7) is 2.49. The van der Waals surface area contributed by atoms with Crippen LogP contribution in [0, 0.1) is 6.92 Å². The number of halogens is 1. The molecule has 0 aliphatic carbocycles. The van der Waals surface area contributed by atoms with Gasteiger partial charge in [0.1, 0.15) is 0 Å². The number of carbonyl (C=O) groups is 1. The number of aryl methyl sites for hydroxylation is 1. The van der Waals surface area contributed by atoms with Crippen LogP contribution in [0.15, 0.2) is 58.8 Å². The van der Waals surface area contributed by atoms with Crippen LogP contribution < -0.4 is 5.32 Å². The Morgan fingerprint density at radius 2 is 1.88 bits per heavy atom. The molecule has 0 bridgehead atoms. The zero-order chi connectivity index (χ0) is 17.6. The van der Waals surface area contributed by atoms with E-state index < -0.39 is 0 Å². The van der Waals surface area contributed by atoms with Gasteiger partial charge in [-0.15, -0.1) is 23.1 Å². The van der Waals surface area contributed by atoms with Gasteiger partial charge in [-0.2, -0.15) is 0 Å². The van der Waals surface area contributed by atoms with Crippen LogP contribution in [0.25, 0.3) is 0 Å². The number of hydrogen-bond donors (Lipinski definition) is 1. The van der Waals surface area contributed by atoms with Crippen molar-refractivity contribution in [3.05, 3.63) is 80.8 Å². The second kappa shape index (κ2) is 8.52. The van der Waals surface area contributed by atoms with E-state index in [4.69, 9.17) is 11.6 Å². The highest BCUT2D eigenvalue weighted by Crippen LogP contribution is 2.23. The normalized spacial score (nSPS) is 10.6. The molecule has 0 saturated carbocycles. The number of nitrogens with one attached hydrogen (secondary N) is 1. The molecule has 1 heterocycles. The lowest BCUT2D eigenvalue weighted by molar-refractivity contribution is 0.0951. The van der Waals surface area contributed by atoms with E-state index in [0.29, 0.717) is 17.1 Å². The van der Waals surface area contributed by atoms with E-state index in [0.717, 1.165) is 26.9 Å². The van der Waals surface area contributed by atoms with Crippen LogP contribution in [0.2, 0.25) is 5.02 Å². The van der Waals surface area contributed by atoms with Crippen molar-refractivity contribution in [2.24, 2.45) is 0 Å². The van der Waals surface area contributed by atoms with Crippen molar-refractivity contribution in [2.75, 3.05) is 0 Å². The maximum atomic E-state index is 12.2. The van der Waals surface area contributed by atoms with Crippen LogP contribution in [0.1, 0.15) is 26.6 Å². The molecule has 1 amide bonds. The number of nitrogens with zero attached hydrogens (tertiary/aromatic N) is 1. The minimum absolute atomic E-state index is 0.0818. The third-order valence-corrected chi connectivity index (χ3v) is 5.66. The molecule has 1 aromatic heterocycles. The second-order valence-electron chi connectivity index (χ2n) is 5.48. The minimum Gasteiger partial charge on any atom is -0.348 e. The maximum absolute atomic E-state index is 12.2. The van der Waals surface area contributed by atoms with E-state index >= 15 is 0 Å². The van der Waals surface area contributed by atoms with Gasteiger partial charge in [-0.25, -0.2) is 4.98 Å². The average Bonchev–Trinajstić information content (AvgIpc) is 3.05. The van der Waals surface area contributed by atoms with E-state index in [9.17, 15) is 4.79 Å². The quantitative estimate of drug-likeness (QED) is 0.580. The highest BCUT2D eigenvalue weighted by Gasteiger charge is 2.06. The molecule has 3 aromatic rings. The molecule has 0 saturated heterocycles. The van der Waals surface area contributed by atoms with Gasteiger partial charge < -0.3 is 5.32 Å². The number of carbonyl (C=O) groups excluding carboxylic acids is 1. The number of rotatable bonds is 6. The molecule has 3 rings (SSSR count). The third-order valence-electron chi connectivity index (χ3n) is 3.54. The number of thiazole rings is 1. The molecule has 0 unspecified atom stereocenters. The zero-order valence-corrected chi connectivity index (χ0v) is 16.0. The fourth-order valence-corrected chi connectivity index (χ4v) is 3.86.